The number of hydrogen-bond acceptors (Lipinski definition) is 5. The van der Waals surface area contributed by atoms with Gasteiger partial charge in [-0.15, -0.1) is 24.8 Å². The van der Waals surface area contributed by atoms with Crippen molar-refractivity contribution in [3.63, 3.8) is 0 Å². The van der Waals surface area contributed by atoms with Crippen LogP contribution in [-0.4, -0.2) is 41.1 Å². The molecular weight excluding hydrogens is 305 g/mol. The fourth-order valence-corrected chi connectivity index (χ4v) is 2.23. The van der Waals surface area contributed by atoms with Gasteiger partial charge in [0.2, 0.25) is 0 Å². The number of nitrogens with one attached hydrogen (secondary N) is 1. The number of piperazine rings is 1. The summed E-state index contributed by atoms with van der Waals surface area (Å²) >= 11 is 0. The predicted molar refractivity (Wildman–Crippen MR) is 82.1 cm³/mol. The predicted octanol–water partition coefficient (Wildman–Crippen LogP) is 2.11. The van der Waals surface area contributed by atoms with Crippen LogP contribution in [0.5, 0.6) is 5.75 Å². The summed E-state index contributed by atoms with van der Waals surface area (Å²) < 4.78 is 0. The third-order valence-corrected chi connectivity index (χ3v) is 3.38. The molecule has 2 N–H and O–H groups in total. The summed E-state index contributed by atoms with van der Waals surface area (Å²) in [5, 5.41) is 23.5. The molecule has 1 aliphatic heterocycles. The number of nitrogens with zero attached hydrogens (tertiary/aromatic N) is 2. The van der Waals surface area contributed by atoms with Crippen LogP contribution in [-0.2, 0) is 0 Å². The number of aromatic hydroxyl groups is 1. The van der Waals surface area contributed by atoms with Gasteiger partial charge < -0.3 is 10.4 Å². The Morgan fingerprint density at radius 2 is 1.95 bits per heavy atom. The van der Waals surface area contributed by atoms with Crippen molar-refractivity contribution in [2.45, 2.75) is 13.0 Å². The molecule has 1 atom stereocenters. The summed E-state index contributed by atoms with van der Waals surface area (Å²) in [4.78, 5) is 12.5. The highest BCUT2D eigenvalue weighted by atomic mass is 35.5. The van der Waals surface area contributed by atoms with Crippen molar-refractivity contribution in [1.29, 1.82) is 0 Å². The van der Waals surface area contributed by atoms with Crippen LogP contribution in [0.15, 0.2) is 18.2 Å². The molecule has 1 fully saturated rings. The zero-order valence-corrected chi connectivity index (χ0v) is 12.7. The van der Waals surface area contributed by atoms with Crippen LogP contribution >= 0.6 is 24.8 Å². The summed E-state index contributed by atoms with van der Waals surface area (Å²) in [5.41, 5.74) is 0.635. The number of benzene rings is 1. The smallest absolute Gasteiger partial charge is 0.311 e. The lowest BCUT2D eigenvalue weighted by Crippen LogP contribution is -2.44. The average molecular weight is 324 g/mol. The number of nitro groups is 1. The molecule has 0 saturated carbocycles. The van der Waals surface area contributed by atoms with Crippen molar-refractivity contribution in [2.24, 2.45) is 0 Å². The molecule has 0 spiro atoms. The third-order valence-electron chi connectivity index (χ3n) is 3.38. The summed E-state index contributed by atoms with van der Waals surface area (Å²) in [7, 11) is 0. The molecule has 0 radical (unpaired) electrons. The summed E-state index contributed by atoms with van der Waals surface area (Å²) in [6.45, 7) is 5.75. The first-order valence-electron chi connectivity index (χ1n) is 6.01. The normalized spacial score (nSPS) is 16.6. The van der Waals surface area contributed by atoms with Gasteiger partial charge in [0, 0.05) is 38.3 Å². The van der Waals surface area contributed by atoms with Crippen molar-refractivity contribution >= 4 is 30.5 Å². The molecule has 0 amide bonds. The minimum atomic E-state index is -0.552. The molecule has 8 heteroatoms. The lowest BCUT2D eigenvalue weighted by molar-refractivity contribution is -0.386. The number of phenolic OH excluding ortho intramolecular Hbond substituents is 1. The SMILES string of the molecule is C[C@@H](c1ccc(O)c([N+](=O)[O-])c1)N1CCNCC1.Cl.Cl. The lowest BCUT2D eigenvalue weighted by Gasteiger charge is -2.32. The second kappa shape index (κ2) is 8.26. The van der Waals surface area contributed by atoms with E-state index in [0.29, 0.717) is 0 Å². The number of phenols is 1. The highest BCUT2D eigenvalue weighted by Crippen LogP contribution is 2.30. The molecule has 1 aromatic rings. The fraction of sp³-hybridized carbons (Fsp3) is 0.500. The largest absolute Gasteiger partial charge is 0.502 e. The van der Waals surface area contributed by atoms with Crippen molar-refractivity contribution < 1.29 is 10.0 Å². The summed E-state index contributed by atoms with van der Waals surface area (Å²) in [6.07, 6.45) is 0. The van der Waals surface area contributed by atoms with Crippen LogP contribution in [0.1, 0.15) is 18.5 Å². The summed E-state index contributed by atoms with van der Waals surface area (Å²) in [5.74, 6) is -0.281. The number of halogens is 2. The maximum Gasteiger partial charge on any atom is 0.311 e. The van der Waals surface area contributed by atoms with Crippen LogP contribution in [0.2, 0.25) is 0 Å². The lowest BCUT2D eigenvalue weighted by atomic mass is 10.1. The van der Waals surface area contributed by atoms with Gasteiger partial charge in [-0.1, -0.05) is 6.07 Å². The Balaban J connectivity index is 0.00000180. The molecule has 1 aliphatic rings. The van der Waals surface area contributed by atoms with E-state index in [1.807, 2.05) is 6.92 Å². The van der Waals surface area contributed by atoms with Crippen LogP contribution in [0.3, 0.4) is 0 Å². The number of hydrogen-bond donors (Lipinski definition) is 2. The van der Waals surface area contributed by atoms with Crippen molar-refractivity contribution in [2.75, 3.05) is 26.2 Å². The first-order chi connectivity index (χ1) is 8.59. The maximum absolute atomic E-state index is 10.8. The first kappa shape index (κ1) is 18.9. The van der Waals surface area contributed by atoms with Gasteiger partial charge in [0.1, 0.15) is 0 Å². The molecule has 1 saturated heterocycles. The quantitative estimate of drug-likeness (QED) is 0.658. The van der Waals surface area contributed by atoms with Crippen molar-refractivity contribution in [1.82, 2.24) is 10.2 Å². The molecule has 1 heterocycles. The highest BCUT2D eigenvalue weighted by molar-refractivity contribution is 5.85. The Morgan fingerprint density at radius 1 is 1.35 bits per heavy atom. The standard InChI is InChI=1S/C12H17N3O3.2ClH/c1-9(14-6-4-13-5-7-14)10-2-3-12(16)11(8-10)15(17)18;;/h2-3,8-9,13,16H,4-7H2,1H3;2*1H/t9-;;/m0../s1. The van der Waals surface area contributed by atoms with E-state index in [4.69, 9.17) is 0 Å². The van der Waals surface area contributed by atoms with Gasteiger partial charge in [0.25, 0.3) is 0 Å². The van der Waals surface area contributed by atoms with E-state index in [0.717, 1.165) is 31.7 Å². The van der Waals surface area contributed by atoms with Crippen LogP contribution in [0, 0.1) is 10.1 Å². The van der Waals surface area contributed by atoms with E-state index in [1.54, 1.807) is 6.07 Å². The maximum atomic E-state index is 10.8. The summed E-state index contributed by atoms with van der Waals surface area (Å²) in [6, 6.07) is 4.72. The molecule has 114 valence electrons. The van der Waals surface area contributed by atoms with Gasteiger partial charge >= 0.3 is 5.69 Å². The zero-order chi connectivity index (χ0) is 13.1. The Hall–Kier alpha value is -1.08. The van der Waals surface area contributed by atoms with E-state index in [-0.39, 0.29) is 42.3 Å². The molecule has 1 aromatic carbocycles. The van der Waals surface area contributed by atoms with Gasteiger partial charge in [0.15, 0.2) is 5.75 Å². The van der Waals surface area contributed by atoms with Crippen LogP contribution < -0.4 is 5.32 Å². The molecule has 0 aliphatic carbocycles. The molecule has 20 heavy (non-hydrogen) atoms. The molecule has 0 bridgehead atoms. The Kier molecular flexibility index (Phi) is 7.82. The third kappa shape index (κ3) is 4.21. The first-order valence-corrected chi connectivity index (χ1v) is 6.01. The van der Waals surface area contributed by atoms with Crippen molar-refractivity contribution in [3.8, 4) is 5.75 Å². The second-order valence-electron chi connectivity index (χ2n) is 4.47. The second-order valence-corrected chi connectivity index (χ2v) is 4.47. The van der Waals surface area contributed by atoms with Crippen molar-refractivity contribution in [3.05, 3.63) is 33.9 Å². The Bertz CT molecular complexity index is 454. The molecule has 6 nitrogen and oxygen atoms in total. The number of rotatable bonds is 3. The molecule has 0 unspecified atom stereocenters. The molecule has 2 rings (SSSR count). The molecule has 0 aromatic heterocycles. The highest BCUT2D eigenvalue weighted by Gasteiger charge is 2.21. The van der Waals surface area contributed by atoms with Gasteiger partial charge in [-0.3, -0.25) is 15.0 Å². The van der Waals surface area contributed by atoms with Gasteiger partial charge in [-0.25, -0.2) is 0 Å². The van der Waals surface area contributed by atoms with Gasteiger partial charge in [-0.05, 0) is 18.6 Å². The minimum Gasteiger partial charge on any atom is -0.502 e. The van der Waals surface area contributed by atoms with E-state index in [2.05, 4.69) is 10.2 Å². The van der Waals surface area contributed by atoms with E-state index < -0.39 is 4.92 Å². The van der Waals surface area contributed by atoms with Crippen LogP contribution in [0.25, 0.3) is 0 Å². The van der Waals surface area contributed by atoms with Gasteiger partial charge in [0.05, 0.1) is 4.92 Å². The van der Waals surface area contributed by atoms with E-state index in [1.165, 1.54) is 12.1 Å². The Labute approximate surface area is 130 Å². The zero-order valence-electron chi connectivity index (χ0n) is 11.1. The van der Waals surface area contributed by atoms with E-state index >= 15 is 0 Å². The Morgan fingerprint density at radius 3 is 2.50 bits per heavy atom. The van der Waals surface area contributed by atoms with E-state index in [9.17, 15) is 15.2 Å². The molecular formula is C12H19Cl2N3O3. The average Bonchev–Trinajstić information content (AvgIpc) is 2.39. The minimum absolute atomic E-state index is 0. The topological polar surface area (TPSA) is 78.6 Å². The number of nitro benzene ring substituents is 1. The van der Waals surface area contributed by atoms with Crippen LogP contribution in [0.4, 0.5) is 5.69 Å². The monoisotopic (exact) mass is 323 g/mol. The van der Waals surface area contributed by atoms with Gasteiger partial charge in [-0.2, -0.15) is 0 Å². The fourth-order valence-electron chi connectivity index (χ4n) is 2.23.